The van der Waals surface area contributed by atoms with Crippen molar-refractivity contribution in [1.82, 2.24) is 0 Å². The molecule has 0 amide bonds. The third-order valence-electron chi connectivity index (χ3n) is 1.80. The van der Waals surface area contributed by atoms with Gasteiger partial charge in [-0.15, -0.1) is 0 Å². The number of ether oxygens (including phenoxy) is 1. The highest BCUT2D eigenvalue weighted by molar-refractivity contribution is 6.31. The van der Waals surface area contributed by atoms with Gasteiger partial charge < -0.3 is 4.74 Å². The molecule has 1 aromatic rings. The van der Waals surface area contributed by atoms with E-state index in [0.29, 0.717) is 21.9 Å². The van der Waals surface area contributed by atoms with E-state index in [0.717, 1.165) is 0 Å². The van der Waals surface area contributed by atoms with Gasteiger partial charge >= 0.3 is 0 Å². The summed E-state index contributed by atoms with van der Waals surface area (Å²) in [5.41, 5.74) is 0.968. The fraction of sp³-hybridized carbons (Fsp3) is 0.182. The molecule has 0 aliphatic heterocycles. The van der Waals surface area contributed by atoms with Crippen LogP contribution >= 0.6 is 11.6 Å². The van der Waals surface area contributed by atoms with Crippen molar-refractivity contribution in [3.63, 3.8) is 0 Å². The van der Waals surface area contributed by atoms with Crippen molar-refractivity contribution in [2.75, 3.05) is 7.11 Å². The van der Waals surface area contributed by atoms with Gasteiger partial charge in [0.1, 0.15) is 5.75 Å². The quantitative estimate of drug-likeness (QED) is 0.566. The van der Waals surface area contributed by atoms with E-state index in [2.05, 4.69) is 6.58 Å². The lowest BCUT2D eigenvalue weighted by Crippen LogP contribution is -2.02. The fourth-order valence-electron chi connectivity index (χ4n) is 1.08. The molecule has 0 atom stereocenters. The summed E-state index contributed by atoms with van der Waals surface area (Å²) >= 11 is 5.77. The van der Waals surface area contributed by atoms with E-state index in [4.69, 9.17) is 16.3 Å². The van der Waals surface area contributed by atoms with Crippen molar-refractivity contribution >= 4 is 17.4 Å². The highest BCUT2D eigenvalue weighted by Gasteiger charge is 2.12. The maximum atomic E-state index is 11.6. The Hall–Kier alpha value is -1.28. The monoisotopic (exact) mass is 210 g/mol. The molecule has 0 saturated heterocycles. The van der Waals surface area contributed by atoms with Gasteiger partial charge in [-0.3, -0.25) is 4.79 Å². The molecule has 1 rings (SSSR count). The highest BCUT2D eigenvalue weighted by Crippen LogP contribution is 2.24. The van der Waals surface area contributed by atoms with Crippen molar-refractivity contribution in [2.24, 2.45) is 0 Å². The summed E-state index contributed by atoms with van der Waals surface area (Å²) in [5, 5.41) is 0.542. The molecule has 0 unspecified atom stereocenters. The number of methoxy groups -OCH3 is 1. The fourth-order valence-corrected chi connectivity index (χ4v) is 1.24. The van der Waals surface area contributed by atoms with Gasteiger partial charge in [-0.25, -0.2) is 0 Å². The minimum absolute atomic E-state index is 0.126. The summed E-state index contributed by atoms with van der Waals surface area (Å²) in [7, 11) is 1.50. The van der Waals surface area contributed by atoms with Crippen LogP contribution in [0.3, 0.4) is 0 Å². The van der Waals surface area contributed by atoms with Crippen molar-refractivity contribution in [2.45, 2.75) is 6.92 Å². The zero-order chi connectivity index (χ0) is 10.7. The van der Waals surface area contributed by atoms with Crippen LogP contribution in [0.5, 0.6) is 5.75 Å². The molecule has 0 spiro atoms. The number of ketones is 1. The van der Waals surface area contributed by atoms with Crippen molar-refractivity contribution in [1.29, 1.82) is 0 Å². The van der Waals surface area contributed by atoms with Crippen LogP contribution in [0, 0.1) is 0 Å². The van der Waals surface area contributed by atoms with E-state index >= 15 is 0 Å². The number of hydrogen-bond donors (Lipinski definition) is 0. The number of halogens is 1. The molecule has 3 heteroatoms. The van der Waals surface area contributed by atoms with Crippen LogP contribution in [-0.4, -0.2) is 12.9 Å². The van der Waals surface area contributed by atoms with E-state index in [-0.39, 0.29) is 5.78 Å². The highest BCUT2D eigenvalue weighted by atomic mass is 35.5. The van der Waals surface area contributed by atoms with Crippen molar-refractivity contribution in [3.05, 3.63) is 40.9 Å². The first-order chi connectivity index (χ1) is 6.56. The van der Waals surface area contributed by atoms with E-state index in [1.165, 1.54) is 7.11 Å². The van der Waals surface area contributed by atoms with Crippen LogP contribution < -0.4 is 4.74 Å². The van der Waals surface area contributed by atoms with Gasteiger partial charge in [0.25, 0.3) is 0 Å². The molecule has 0 aliphatic carbocycles. The molecule has 0 saturated carbocycles. The van der Waals surface area contributed by atoms with Gasteiger partial charge in [-0.05, 0) is 30.7 Å². The largest absolute Gasteiger partial charge is 0.496 e. The van der Waals surface area contributed by atoms with Crippen LogP contribution in [0.4, 0.5) is 0 Å². The van der Waals surface area contributed by atoms with Crippen LogP contribution in [0.25, 0.3) is 0 Å². The Balaban J connectivity index is 3.20. The number of benzene rings is 1. The van der Waals surface area contributed by atoms with Gasteiger partial charge in [0.2, 0.25) is 0 Å². The number of hydrogen-bond acceptors (Lipinski definition) is 2. The Labute approximate surface area is 88.1 Å². The molecule has 14 heavy (non-hydrogen) atoms. The summed E-state index contributed by atoms with van der Waals surface area (Å²) in [4.78, 5) is 11.6. The van der Waals surface area contributed by atoms with Crippen molar-refractivity contribution < 1.29 is 9.53 Å². The van der Waals surface area contributed by atoms with Crippen molar-refractivity contribution in [3.8, 4) is 5.75 Å². The van der Waals surface area contributed by atoms with Gasteiger partial charge in [-0.1, -0.05) is 18.2 Å². The molecule has 0 bridgehead atoms. The Morgan fingerprint density at radius 3 is 2.64 bits per heavy atom. The van der Waals surface area contributed by atoms with E-state index in [1.807, 2.05) is 0 Å². The lowest BCUT2D eigenvalue weighted by molar-refractivity contribution is 0.103. The first kappa shape index (κ1) is 10.8. The molecule has 0 fully saturated rings. The number of rotatable bonds is 3. The van der Waals surface area contributed by atoms with Gasteiger partial charge in [0, 0.05) is 5.02 Å². The maximum absolute atomic E-state index is 11.6. The third kappa shape index (κ3) is 2.15. The first-order valence-electron chi connectivity index (χ1n) is 4.10. The zero-order valence-electron chi connectivity index (χ0n) is 8.13. The molecule has 1 aromatic carbocycles. The Morgan fingerprint density at radius 2 is 2.14 bits per heavy atom. The van der Waals surface area contributed by atoms with E-state index < -0.39 is 0 Å². The smallest absolute Gasteiger partial charge is 0.191 e. The summed E-state index contributed by atoms with van der Waals surface area (Å²) < 4.78 is 5.05. The van der Waals surface area contributed by atoms with Crippen LogP contribution in [-0.2, 0) is 0 Å². The average Bonchev–Trinajstić information content (AvgIpc) is 2.16. The third-order valence-corrected chi connectivity index (χ3v) is 2.03. The number of carbonyl (C=O) groups excluding carboxylic acids is 1. The topological polar surface area (TPSA) is 26.3 Å². The molecule has 0 radical (unpaired) electrons. The SMILES string of the molecule is C=C(C)C(=O)c1ccc(Cl)cc1OC. The molecule has 0 heterocycles. The minimum Gasteiger partial charge on any atom is -0.496 e. The average molecular weight is 211 g/mol. The standard InChI is InChI=1S/C11H11ClO2/c1-7(2)11(13)9-5-4-8(12)6-10(9)14-3/h4-6H,1H2,2-3H3. The summed E-state index contributed by atoms with van der Waals surface area (Å²) in [6, 6.07) is 4.90. The Bertz CT molecular complexity index is 383. The first-order valence-corrected chi connectivity index (χ1v) is 4.48. The molecular weight excluding hydrogens is 200 g/mol. The molecule has 0 aliphatic rings. The van der Waals surface area contributed by atoms with Crippen LogP contribution in [0.1, 0.15) is 17.3 Å². The van der Waals surface area contributed by atoms with E-state index in [9.17, 15) is 4.79 Å². The summed E-state index contributed by atoms with van der Waals surface area (Å²) in [6.45, 7) is 5.25. The molecule has 0 N–H and O–H groups in total. The second-order valence-electron chi connectivity index (χ2n) is 2.95. The Kier molecular flexibility index (Phi) is 3.31. The lowest BCUT2D eigenvalue weighted by Gasteiger charge is -2.07. The number of Topliss-reactive ketones (excluding diaryl/α,β-unsaturated/α-hetero) is 1. The number of allylic oxidation sites excluding steroid dienone is 1. The molecular formula is C11H11ClO2. The molecule has 2 nitrogen and oxygen atoms in total. The predicted molar refractivity (Wildman–Crippen MR) is 57.1 cm³/mol. The zero-order valence-corrected chi connectivity index (χ0v) is 8.89. The van der Waals surface area contributed by atoms with Gasteiger partial charge in [0.05, 0.1) is 12.7 Å². The van der Waals surface area contributed by atoms with Crippen LogP contribution in [0.15, 0.2) is 30.4 Å². The lowest BCUT2D eigenvalue weighted by atomic mass is 10.1. The summed E-state index contributed by atoms with van der Waals surface area (Å²) in [5.74, 6) is 0.351. The molecule has 74 valence electrons. The molecule has 0 aromatic heterocycles. The van der Waals surface area contributed by atoms with Gasteiger partial charge in [0.15, 0.2) is 5.78 Å². The number of carbonyl (C=O) groups is 1. The summed E-state index contributed by atoms with van der Waals surface area (Å²) in [6.07, 6.45) is 0. The minimum atomic E-state index is -0.126. The normalized spacial score (nSPS) is 9.64. The maximum Gasteiger partial charge on any atom is 0.191 e. The Morgan fingerprint density at radius 1 is 1.50 bits per heavy atom. The van der Waals surface area contributed by atoms with Crippen LogP contribution in [0.2, 0.25) is 5.02 Å². The van der Waals surface area contributed by atoms with E-state index in [1.54, 1.807) is 25.1 Å². The second-order valence-corrected chi connectivity index (χ2v) is 3.39. The van der Waals surface area contributed by atoms with Gasteiger partial charge in [-0.2, -0.15) is 0 Å². The predicted octanol–water partition coefficient (Wildman–Crippen LogP) is 3.11. The second kappa shape index (κ2) is 4.29.